The van der Waals surface area contributed by atoms with Crippen molar-refractivity contribution in [2.45, 2.75) is 31.9 Å². The van der Waals surface area contributed by atoms with E-state index in [9.17, 15) is 0 Å². The molecule has 2 aromatic heterocycles. The zero-order valence-electron chi connectivity index (χ0n) is 18.4. The molecule has 0 saturated carbocycles. The van der Waals surface area contributed by atoms with Crippen LogP contribution in [-0.2, 0) is 16.9 Å². The van der Waals surface area contributed by atoms with E-state index in [4.69, 9.17) is 37.1 Å². The molecule has 0 bridgehead atoms. The monoisotopic (exact) mass is 484 g/mol. The molecular formula is C24H22Cl2N4O3. The lowest BCUT2D eigenvalue weighted by Gasteiger charge is -2.36. The van der Waals surface area contributed by atoms with Gasteiger partial charge >= 0.3 is 0 Å². The number of aryl methyl sites for hydroxylation is 1. The molecule has 0 radical (unpaired) electrons. The molecule has 0 N–H and O–H groups in total. The smallest absolute Gasteiger partial charge is 0.191 e. The van der Waals surface area contributed by atoms with Gasteiger partial charge in [-0.2, -0.15) is 0 Å². The highest BCUT2D eigenvalue weighted by atomic mass is 35.5. The maximum Gasteiger partial charge on any atom is 0.191 e. The standard InChI is InChI=1S/C24H22Cl2N4O3/c1-14-27-13-21(33-14)17-7-5-15(11-20(17)31-2)22-28-29-23-24(32-3,9-4-10-30(22)23)16-6-8-18(25)19(26)12-16/h5-8,11-13H,4,9-10H2,1-3H3. The fraction of sp³-hybridized carbons (Fsp3) is 0.292. The number of oxazole rings is 1. The molecule has 0 spiro atoms. The Morgan fingerprint density at radius 2 is 1.91 bits per heavy atom. The number of ether oxygens (including phenoxy) is 2. The largest absolute Gasteiger partial charge is 0.496 e. The zero-order chi connectivity index (χ0) is 23.2. The molecule has 1 atom stereocenters. The predicted molar refractivity (Wildman–Crippen MR) is 126 cm³/mol. The molecule has 1 unspecified atom stereocenters. The van der Waals surface area contributed by atoms with Crippen LogP contribution < -0.4 is 4.74 Å². The number of methoxy groups -OCH3 is 2. The van der Waals surface area contributed by atoms with E-state index in [0.29, 0.717) is 27.4 Å². The Kier molecular flexibility index (Phi) is 5.64. The van der Waals surface area contributed by atoms with E-state index >= 15 is 0 Å². The SMILES string of the molecule is COc1cc(-c2nnc3n2CCCC3(OC)c2ccc(Cl)c(Cl)c2)ccc1-c1cnc(C)o1. The maximum absolute atomic E-state index is 6.32. The summed E-state index contributed by atoms with van der Waals surface area (Å²) < 4.78 is 19.5. The average Bonchev–Trinajstić information content (AvgIpc) is 3.47. The molecule has 2 aromatic carbocycles. The minimum Gasteiger partial charge on any atom is -0.496 e. The Morgan fingerprint density at radius 1 is 1.06 bits per heavy atom. The average molecular weight is 485 g/mol. The maximum atomic E-state index is 6.32. The molecule has 0 aliphatic carbocycles. The van der Waals surface area contributed by atoms with Gasteiger partial charge in [-0.05, 0) is 42.7 Å². The third-order valence-electron chi connectivity index (χ3n) is 6.10. The molecule has 7 nitrogen and oxygen atoms in total. The lowest BCUT2D eigenvalue weighted by molar-refractivity contribution is -0.00781. The molecule has 5 rings (SSSR count). The second kappa shape index (κ2) is 8.48. The molecule has 3 heterocycles. The van der Waals surface area contributed by atoms with Crippen molar-refractivity contribution in [1.82, 2.24) is 19.7 Å². The van der Waals surface area contributed by atoms with Crippen molar-refractivity contribution in [2.75, 3.05) is 14.2 Å². The molecule has 0 fully saturated rings. The number of hydrogen-bond donors (Lipinski definition) is 0. The number of benzene rings is 2. The van der Waals surface area contributed by atoms with Crippen LogP contribution in [0.4, 0.5) is 0 Å². The summed E-state index contributed by atoms with van der Waals surface area (Å²) in [6.45, 7) is 2.58. The first-order valence-corrected chi connectivity index (χ1v) is 11.3. The number of halogens is 2. The fourth-order valence-electron chi connectivity index (χ4n) is 4.48. The lowest BCUT2D eigenvalue weighted by Crippen LogP contribution is -2.37. The van der Waals surface area contributed by atoms with E-state index in [0.717, 1.165) is 47.7 Å². The molecule has 170 valence electrons. The molecule has 9 heteroatoms. The van der Waals surface area contributed by atoms with E-state index in [-0.39, 0.29) is 0 Å². The second-order valence-electron chi connectivity index (χ2n) is 7.92. The van der Waals surface area contributed by atoms with Crippen LogP contribution in [0.15, 0.2) is 47.0 Å². The van der Waals surface area contributed by atoms with Crippen molar-refractivity contribution in [1.29, 1.82) is 0 Å². The van der Waals surface area contributed by atoms with Crippen molar-refractivity contribution in [3.63, 3.8) is 0 Å². The summed E-state index contributed by atoms with van der Waals surface area (Å²) in [7, 11) is 3.31. The first-order chi connectivity index (χ1) is 16.0. The minimum atomic E-state index is -0.765. The van der Waals surface area contributed by atoms with Gasteiger partial charge < -0.3 is 18.5 Å². The van der Waals surface area contributed by atoms with Crippen molar-refractivity contribution in [3.8, 4) is 28.5 Å². The zero-order valence-corrected chi connectivity index (χ0v) is 19.9. The number of fused-ring (bicyclic) bond motifs is 1. The van der Waals surface area contributed by atoms with E-state index in [1.165, 1.54) is 0 Å². The molecular weight excluding hydrogens is 463 g/mol. The van der Waals surface area contributed by atoms with Crippen molar-refractivity contribution in [2.24, 2.45) is 0 Å². The van der Waals surface area contributed by atoms with Crippen LogP contribution in [0, 0.1) is 6.92 Å². The van der Waals surface area contributed by atoms with E-state index in [1.807, 2.05) is 37.3 Å². The van der Waals surface area contributed by atoms with Gasteiger partial charge in [0, 0.05) is 26.1 Å². The van der Waals surface area contributed by atoms with Crippen molar-refractivity contribution < 1.29 is 13.9 Å². The highest BCUT2D eigenvalue weighted by Gasteiger charge is 2.42. The summed E-state index contributed by atoms with van der Waals surface area (Å²) in [5.74, 6) is 3.39. The Balaban J connectivity index is 1.60. The van der Waals surface area contributed by atoms with Gasteiger partial charge in [-0.25, -0.2) is 4.98 Å². The molecule has 4 aromatic rings. The van der Waals surface area contributed by atoms with E-state index < -0.39 is 5.60 Å². The van der Waals surface area contributed by atoms with Gasteiger partial charge in [0.25, 0.3) is 0 Å². The van der Waals surface area contributed by atoms with Crippen LogP contribution in [0.25, 0.3) is 22.7 Å². The number of hydrogen-bond acceptors (Lipinski definition) is 6. The van der Waals surface area contributed by atoms with Gasteiger partial charge in [0.15, 0.2) is 28.9 Å². The van der Waals surface area contributed by atoms with E-state index in [2.05, 4.69) is 19.7 Å². The summed E-state index contributed by atoms with van der Waals surface area (Å²) in [5, 5.41) is 10.1. The summed E-state index contributed by atoms with van der Waals surface area (Å²) in [5.41, 5.74) is 1.83. The highest BCUT2D eigenvalue weighted by Crippen LogP contribution is 2.43. The van der Waals surface area contributed by atoms with Crippen LogP contribution in [-0.4, -0.2) is 34.0 Å². The Hall–Kier alpha value is -2.87. The van der Waals surface area contributed by atoms with Gasteiger partial charge in [-0.1, -0.05) is 35.3 Å². The summed E-state index contributed by atoms with van der Waals surface area (Å²) >= 11 is 12.5. The third-order valence-corrected chi connectivity index (χ3v) is 6.84. The highest BCUT2D eigenvalue weighted by molar-refractivity contribution is 6.42. The van der Waals surface area contributed by atoms with Crippen LogP contribution in [0.3, 0.4) is 0 Å². The van der Waals surface area contributed by atoms with Gasteiger partial charge in [0.05, 0.1) is 28.9 Å². The second-order valence-corrected chi connectivity index (χ2v) is 8.74. The minimum absolute atomic E-state index is 0.477. The van der Waals surface area contributed by atoms with Gasteiger partial charge in [-0.3, -0.25) is 0 Å². The Bertz CT molecular complexity index is 1330. The topological polar surface area (TPSA) is 75.2 Å². The van der Waals surface area contributed by atoms with Crippen molar-refractivity contribution >= 4 is 23.2 Å². The first kappa shape index (κ1) is 21.9. The first-order valence-electron chi connectivity index (χ1n) is 10.5. The van der Waals surface area contributed by atoms with Gasteiger partial charge in [0.2, 0.25) is 0 Å². The number of aromatic nitrogens is 4. The summed E-state index contributed by atoms with van der Waals surface area (Å²) in [6.07, 6.45) is 3.33. The quantitative estimate of drug-likeness (QED) is 0.350. The Labute approximate surface area is 201 Å². The fourth-order valence-corrected chi connectivity index (χ4v) is 4.77. The van der Waals surface area contributed by atoms with Crippen LogP contribution >= 0.6 is 23.2 Å². The van der Waals surface area contributed by atoms with Gasteiger partial charge in [-0.15, -0.1) is 10.2 Å². The number of rotatable bonds is 5. The third kappa shape index (κ3) is 3.60. The van der Waals surface area contributed by atoms with Crippen LogP contribution in [0.5, 0.6) is 5.75 Å². The van der Waals surface area contributed by atoms with Crippen LogP contribution in [0.1, 0.15) is 30.1 Å². The Morgan fingerprint density at radius 3 is 2.61 bits per heavy atom. The molecule has 33 heavy (non-hydrogen) atoms. The van der Waals surface area contributed by atoms with Crippen LogP contribution in [0.2, 0.25) is 10.0 Å². The summed E-state index contributed by atoms with van der Waals surface area (Å²) in [4.78, 5) is 4.18. The normalized spacial score (nSPS) is 17.7. The van der Waals surface area contributed by atoms with Crippen molar-refractivity contribution in [3.05, 3.63) is 69.9 Å². The number of nitrogens with zero attached hydrogens (tertiary/aromatic N) is 4. The summed E-state index contributed by atoms with van der Waals surface area (Å²) in [6, 6.07) is 11.4. The molecule has 0 saturated heterocycles. The van der Waals surface area contributed by atoms with E-state index in [1.54, 1.807) is 26.5 Å². The molecule has 0 amide bonds. The van der Waals surface area contributed by atoms with Gasteiger partial charge in [0.1, 0.15) is 5.75 Å². The predicted octanol–water partition coefficient (Wildman–Crippen LogP) is 5.91. The lowest BCUT2D eigenvalue weighted by atomic mass is 9.85. The molecule has 1 aliphatic heterocycles. The molecule has 1 aliphatic rings.